The first kappa shape index (κ1) is 9.85. The summed E-state index contributed by atoms with van der Waals surface area (Å²) < 4.78 is 0. The number of rotatable bonds is 0. The predicted molar refractivity (Wildman–Crippen MR) is 56.7 cm³/mol. The Kier molecular flexibility index (Phi) is 2.69. The summed E-state index contributed by atoms with van der Waals surface area (Å²) in [7, 11) is 0. The third kappa shape index (κ3) is 1.50. The summed E-state index contributed by atoms with van der Waals surface area (Å²) in [6.45, 7) is 0. The van der Waals surface area contributed by atoms with Gasteiger partial charge in [0.15, 0.2) is 0 Å². The summed E-state index contributed by atoms with van der Waals surface area (Å²) in [6.07, 6.45) is 5.53. The van der Waals surface area contributed by atoms with Crippen LogP contribution in [0.2, 0.25) is 0 Å². The van der Waals surface area contributed by atoms with E-state index in [0.29, 0.717) is 0 Å². The smallest absolute Gasteiger partial charge is 0 e. The van der Waals surface area contributed by atoms with Crippen molar-refractivity contribution in [2.45, 2.75) is 6.42 Å². The fourth-order valence-electron chi connectivity index (χ4n) is 1.95. The van der Waals surface area contributed by atoms with Crippen LogP contribution in [-0.4, -0.2) is 0 Å². The Morgan fingerprint density at radius 1 is 0.929 bits per heavy atom. The van der Waals surface area contributed by atoms with E-state index in [1.54, 1.807) is 0 Å². The van der Waals surface area contributed by atoms with Crippen molar-refractivity contribution in [3.63, 3.8) is 0 Å². The van der Waals surface area contributed by atoms with E-state index in [1.165, 1.54) is 21.9 Å². The predicted octanol–water partition coefficient (Wildman–Crippen LogP) is 3.41. The molecule has 0 N–H and O–H groups in total. The molecule has 1 heteroatoms. The number of hydrogen-bond acceptors (Lipinski definition) is 0. The zero-order valence-electron chi connectivity index (χ0n) is 7.83. The summed E-state index contributed by atoms with van der Waals surface area (Å²) >= 11 is 0. The molecule has 0 aromatic heterocycles. The molecule has 1 aliphatic rings. The van der Waals surface area contributed by atoms with Gasteiger partial charge in [0.05, 0.1) is 0 Å². The third-order valence-electron chi connectivity index (χ3n) is 2.64. The fraction of sp³-hybridized carbons (Fsp3) is 0.0769. The van der Waals surface area contributed by atoms with Crippen LogP contribution in [0.5, 0.6) is 0 Å². The van der Waals surface area contributed by atoms with E-state index in [4.69, 9.17) is 0 Å². The van der Waals surface area contributed by atoms with Gasteiger partial charge >= 0.3 is 0 Å². The van der Waals surface area contributed by atoms with Crippen LogP contribution in [0.3, 0.4) is 0 Å². The maximum atomic E-state index is 2.30. The van der Waals surface area contributed by atoms with Gasteiger partial charge in [0.25, 0.3) is 0 Å². The Hall–Kier alpha value is -0.690. The van der Waals surface area contributed by atoms with E-state index in [2.05, 4.69) is 48.6 Å². The number of fused-ring (bicyclic) bond motifs is 2. The van der Waals surface area contributed by atoms with E-state index < -0.39 is 0 Å². The van der Waals surface area contributed by atoms with Crippen LogP contribution >= 0.6 is 0 Å². The molecule has 0 unspecified atom stereocenters. The molecule has 0 spiro atoms. The maximum Gasteiger partial charge on any atom is 0 e. The van der Waals surface area contributed by atoms with Crippen molar-refractivity contribution < 1.29 is 25.8 Å². The van der Waals surface area contributed by atoms with Gasteiger partial charge in [0.1, 0.15) is 0 Å². The number of allylic oxidation sites excluding steroid dienone is 1. The van der Waals surface area contributed by atoms with Gasteiger partial charge in [0.2, 0.25) is 0 Å². The first-order valence-corrected chi connectivity index (χ1v) is 4.62. The van der Waals surface area contributed by atoms with Crippen molar-refractivity contribution in [3.8, 4) is 0 Å². The molecule has 2 aromatic carbocycles. The molecule has 0 radical (unpaired) electrons. The van der Waals surface area contributed by atoms with E-state index in [-0.39, 0.29) is 25.8 Å². The van der Waals surface area contributed by atoms with Crippen LogP contribution < -0.4 is 0 Å². The summed E-state index contributed by atoms with van der Waals surface area (Å²) in [5.41, 5.74) is 2.84. The Morgan fingerprint density at radius 3 is 2.43 bits per heavy atom. The molecule has 0 amide bonds. The van der Waals surface area contributed by atoms with Gasteiger partial charge < -0.3 is 0 Å². The first-order valence-electron chi connectivity index (χ1n) is 4.62. The molecule has 0 saturated heterocycles. The maximum absolute atomic E-state index is 2.30. The van der Waals surface area contributed by atoms with Crippen LogP contribution in [0.25, 0.3) is 16.8 Å². The van der Waals surface area contributed by atoms with Crippen LogP contribution in [0.4, 0.5) is 0 Å². The summed E-state index contributed by atoms with van der Waals surface area (Å²) in [4.78, 5) is 0. The van der Waals surface area contributed by atoms with Crippen molar-refractivity contribution in [1.29, 1.82) is 0 Å². The van der Waals surface area contributed by atoms with Crippen LogP contribution in [-0.2, 0) is 32.3 Å². The quantitative estimate of drug-likeness (QED) is 0.643. The van der Waals surface area contributed by atoms with Gasteiger partial charge in [-0.25, -0.2) is 0 Å². The minimum absolute atomic E-state index is 0. The molecule has 0 atom stereocenters. The minimum atomic E-state index is 0. The molecule has 66 valence electrons. The third-order valence-corrected chi connectivity index (χ3v) is 2.64. The number of benzene rings is 2. The van der Waals surface area contributed by atoms with Gasteiger partial charge in [-0.1, -0.05) is 42.5 Å². The largest absolute Gasteiger partial charge is 0.0795 e. The molecule has 1 aliphatic carbocycles. The molecular formula is C13H10Hf. The molecular weight excluding hydrogens is 335 g/mol. The van der Waals surface area contributed by atoms with E-state index in [1.807, 2.05) is 0 Å². The van der Waals surface area contributed by atoms with Crippen LogP contribution in [0, 0.1) is 0 Å². The van der Waals surface area contributed by atoms with Crippen molar-refractivity contribution >= 4 is 16.8 Å². The summed E-state index contributed by atoms with van der Waals surface area (Å²) in [5, 5.41) is 2.69. The first-order chi connectivity index (χ1) is 6.43. The molecule has 0 fully saturated rings. The molecule has 14 heavy (non-hydrogen) atoms. The standard InChI is InChI=1S/C13H10.Hf/c1-2-5-11-9-13-7-3-6-12(13)8-10(11)4-1;/h1-6,8-9H,7H2;. The van der Waals surface area contributed by atoms with Gasteiger partial charge in [-0.2, -0.15) is 0 Å². The van der Waals surface area contributed by atoms with Crippen molar-refractivity contribution in [3.05, 3.63) is 53.6 Å². The zero-order valence-corrected chi connectivity index (χ0v) is 11.4. The van der Waals surface area contributed by atoms with Gasteiger partial charge in [-0.15, -0.1) is 0 Å². The fourth-order valence-corrected chi connectivity index (χ4v) is 1.95. The van der Waals surface area contributed by atoms with E-state index >= 15 is 0 Å². The topological polar surface area (TPSA) is 0 Å². The minimum Gasteiger partial charge on any atom is -0.0795 e. The summed E-state index contributed by atoms with van der Waals surface area (Å²) in [5.74, 6) is 0. The normalized spacial score (nSPS) is 12.6. The molecule has 0 saturated carbocycles. The number of hydrogen-bond donors (Lipinski definition) is 0. The van der Waals surface area contributed by atoms with Crippen molar-refractivity contribution in [1.82, 2.24) is 0 Å². The van der Waals surface area contributed by atoms with Gasteiger partial charge in [-0.05, 0) is 34.4 Å². The average Bonchev–Trinajstić information content (AvgIpc) is 2.61. The Balaban J connectivity index is 0.000000750. The van der Waals surface area contributed by atoms with Gasteiger partial charge in [0, 0.05) is 25.8 Å². The van der Waals surface area contributed by atoms with E-state index in [9.17, 15) is 0 Å². The molecule has 0 nitrogen and oxygen atoms in total. The monoisotopic (exact) mass is 346 g/mol. The molecule has 2 aromatic rings. The van der Waals surface area contributed by atoms with Crippen molar-refractivity contribution in [2.75, 3.05) is 0 Å². The Labute approximate surface area is 102 Å². The molecule has 0 heterocycles. The van der Waals surface area contributed by atoms with Crippen LogP contribution in [0.1, 0.15) is 11.1 Å². The Morgan fingerprint density at radius 2 is 1.64 bits per heavy atom. The second kappa shape index (κ2) is 3.82. The second-order valence-electron chi connectivity index (χ2n) is 3.50. The van der Waals surface area contributed by atoms with Crippen molar-refractivity contribution in [2.24, 2.45) is 0 Å². The van der Waals surface area contributed by atoms with Gasteiger partial charge in [-0.3, -0.25) is 0 Å². The average molecular weight is 345 g/mol. The van der Waals surface area contributed by atoms with Crippen LogP contribution in [0.15, 0.2) is 42.5 Å². The zero-order chi connectivity index (χ0) is 8.67. The van der Waals surface area contributed by atoms with E-state index in [0.717, 1.165) is 6.42 Å². The second-order valence-corrected chi connectivity index (χ2v) is 3.50. The molecule has 3 rings (SSSR count). The molecule has 0 aliphatic heterocycles. The Bertz CT molecular complexity index is 498. The molecule has 0 bridgehead atoms. The SMILES string of the molecule is C1=Cc2cc3ccccc3cc2C1.[Hf]. The summed E-state index contributed by atoms with van der Waals surface area (Å²) in [6, 6.07) is 13.1.